The van der Waals surface area contributed by atoms with Crippen molar-refractivity contribution in [3.05, 3.63) is 22.6 Å². The lowest BCUT2D eigenvalue weighted by Crippen LogP contribution is -2.00. The lowest BCUT2D eigenvalue weighted by atomic mass is 9.96. The van der Waals surface area contributed by atoms with Crippen molar-refractivity contribution in [2.75, 3.05) is 5.73 Å². The molecule has 0 spiro atoms. The number of nitrogen functional groups attached to an aromatic ring is 1. The number of rotatable bonds is 2. The number of hydrogen-bond donors (Lipinski definition) is 1. The second kappa shape index (κ2) is 4.19. The summed E-state index contributed by atoms with van der Waals surface area (Å²) in [5.74, 6) is 2.92. The van der Waals surface area contributed by atoms with Gasteiger partial charge in [0.1, 0.15) is 23.0 Å². The van der Waals surface area contributed by atoms with Gasteiger partial charge in [-0.2, -0.15) is 5.10 Å². The van der Waals surface area contributed by atoms with Gasteiger partial charge >= 0.3 is 0 Å². The fraction of sp³-hybridized carbons (Fsp3) is 0.500. The second-order valence-electron chi connectivity index (χ2n) is 5.14. The highest BCUT2D eigenvalue weighted by Crippen LogP contribution is 2.37. The summed E-state index contributed by atoms with van der Waals surface area (Å²) in [6.45, 7) is 10.3. The van der Waals surface area contributed by atoms with Gasteiger partial charge in [-0.05, 0) is 32.3 Å². The van der Waals surface area contributed by atoms with E-state index in [-0.39, 0.29) is 0 Å². The van der Waals surface area contributed by atoms with Gasteiger partial charge in [0.2, 0.25) is 0 Å². The van der Waals surface area contributed by atoms with Crippen molar-refractivity contribution >= 4 is 5.82 Å². The first kappa shape index (κ1) is 12.7. The summed E-state index contributed by atoms with van der Waals surface area (Å²) < 4.78 is 7.44. The molecule has 2 rings (SSSR count). The molecular weight excluding hydrogens is 226 g/mol. The Bertz CT molecular complexity index is 591. The Morgan fingerprint density at radius 2 is 1.78 bits per heavy atom. The van der Waals surface area contributed by atoms with E-state index in [1.54, 1.807) is 4.68 Å². The van der Waals surface area contributed by atoms with E-state index in [1.807, 2.05) is 20.9 Å². The van der Waals surface area contributed by atoms with E-state index in [0.29, 0.717) is 5.92 Å². The van der Waals surface area contributed by atoms with Gasteiger partial charge in [0.25, 0.3) is 0 Å². The summed E-state index contributed by atoms with van der Waals surface area (Å²) in [6, 6.07) is 0. The van der Waals surface area contributed by atoms with Crippen LogP contribution in [0.2, 0.25) is 0 Å². The number of nitrogens with two attached hydrogens (primary N) is 1. The normalized spacial score (nSPS) is 11.5. The van der Waals surface area contributed by atoms with Crippen LogP contribution in [-0.2, 0) is 7.05 Å². The van der Waals surface area contributed by atoms with Crippen LogP contribution in [0.1, 0.15) is 42.4 Å². The molecule has 0 aliphatic rings. The molecule has 0 radical (unpaired) electrons. The molecule has 0 aliphatic carbocycles. The Morgan fingerprint density at radius 3 is 2.22 bits per heavy atom. The third kappa shape index (κ3) is 1.72. The van der Waals surface area contributed by atoms with Crippen LogP contribution in [0.15, 0.2) is 4.42 Å². The molecule has 0 saturated heterocycles. The van der Waals surface area contributed by atoms with Gasteiger partial charge in [0.05, 0.1) is 0 Å². The largest absolute Gasteiger partial charge is 0.466 e. The molecule has 98 valence electrons. The first-order chi connectivity index (χ1) is 8.34. The van der Waals surface area contributed by atoms with Crippen molar-refractivity contribution in [1.82, 2.24) is 9.78 Å². The van der Waals surface area contributed by atoms with Crippen molar-refractivity contribution in [2.24, 2.45) is 7.05 Å². The zero-order chi connectivity index (χ0) is 13.6. The van der Waals surface area contributed by atoms with E-state index in [2.05, 4.69) is 25.9 Å². The van der Waals surface area contributed by atoms with Gasteiger partial charge in [-0.1, -0.05) is 13.8 Å². The lowest BCUT2D eigenvalue weighted by Gasteiger charge is -2.07. The molecule has 2 aromatic rings. The topological polar surface area (TPSA) is 57.0 Å². The zero-order valence-electron chi connectivity index (χ0n) is 12.0. The van der Waals surface area contributed by atoms with E-state index in [1.165, 1.54) is 0 Å². The first-order valence-electron chi connectivity index (χ1n) is 6.23. The van der Waals surface area contributed by atoms with E-state index >= 15 is 0 Å². The SMILES string of the molecule is Cc1oc(C)c(-c2nn(C)c(N)c2C(C)C)c1C. The minimum absolute atomic E-state index is 0.336. The number of anilines is 1. The molecule has 0 bridgehead atoms. The van der Waals surface area contributed by atoms with Gasteiger partial charge in [-0.15, -0.1) is 0 Å². The average Bonchev–Trinajstić information content (AvgIpc) is 2.67. The summed E-state index contributed by atoms with van der Waals surface area (Å²) in [5.41, 5.74) is 10.4. The van der Waals surface area contributed by atoms with Gasteiger partial charge in [0.15, 0.2) is 0 Å². The number of aryl methyl sites for hydroxylation is 3. The minimum Gasteiger partial charge on any atom is -0.466 e. The van der Waals surface area contributed by atoms with Crippen LogP contribution >= 0.6 is 0 Å². The van der Waals surface area contributed by atoms with E-state index < -0.39 is 0 Å². The van der Waals surface area contributed by atoms with Crippen LogP contribution in [0.3, 0.4) is 0 Å². The number of aromatic nitrogens is 2. The van der Waals surface area contributed by atoms with Crippen LogP contribution in [0.4, 0.5) is 5.82 Å². The van der Waals surface area contributed by atoms with Crippen LogP contribution in [0.25, 0.3) is 11.3 Å². The standard InChI is InChI=1S/C14H21N3O/c1-7(2)11-13(16-17(6)14(11)15)12-8(3)9(4)18-10(12)5/h7H,15H2,1-6H3. The van der Waals surface area contributed by atoms with Crippen molar-refractivity contribution in [2.45, 2.75) is 40.5 Å². The second-order valence-corrected chi connectivity index (χ2v) is 5.14. The Labute approximate surface area is 108 Å². The maximum Gasteiger partial charge on any atom is 0.125 e. The first-order valence-corrected chi connectivity index (χ1v) is 6.23. The van der Waals surface area contributed by atoms with Gasteiger partial charge in [-0.3, -0.25) is 4.68 Å². The molecule has 0 amide bonds. The molecule has 0 aliphatic heterocycles. The monoisotopic (exact) mass is 247 g/mol. The molecule has 2 aromatic heterocycles. The molecule has 0 atom stereocenters. The molecule has 2 heterocycles. The molecule has 0 saturated carbocycles. The Hall–Kier alpha value is -1.71. The maximum atomic E-state index is 6.12. The lowest BCUT2D eigenvalue weighted by molar-refractivity contribution is 0.503. The number of nitrogens with zero attached hydrogens (tertiary/aromatic N) is 2. The average molecular weight is 247 g/mol. The van der Waals surface area contributed by atoms with Crippen LogP contribution in [0, 0.1) is 20.8 Å². The summed E-state index contributed by atoms with van der Waals surface area (Å²) >= 11 is 0. The van der Waals surface area contributed by atoms with Crippen molar-refractivity contribution in [3.8, 4) is 11.3 Å². The zero-order valence-corrected chi connectivity index (χ0v) is 12.0. The highest BCUT2D eigenvalue weighted by molar-refractivity contribution is 5.74. The summed E-state index contributed by atoms with van der Waals surface area (Å²) in [4.78, 5) is 0. The predicted molar refractivity (Wildman–Crippen MR) is 73.6 cm³/mol. The van der Waals surface area contributed by atoms with Crippen LogP contribution < -0.4 is 5.73 Å². The molecular formula is C14H21N3O. The Balaban J connectivity index is 2.75. The molecule has 4 heteroatoms. The predicted octanol–water partition coefficient (Wildman–Crippen LogP) is 3.31. The van der Waals surface area contributed by atoms with Crippen molar-refractivity contribution < 1.29 is 4.42 Å². The van der Waals surface area contributed by atoms with E-state index in [0.717, 1.165) is 39.7 Å². The van der Waals surface area contributed by atoms with Gasteiger partial charge in [0, 0.05) is 18.2 Å². The highest BCUT2D eigenvalue weighted by atomic mass is 16.3. The molecule has 2 N–H and O–H groups in total. The van der Waals surface area contributed by atoms with Gasteiger partial charge in [-0.25, -0.2) is 0 Å². The number of hydrogen-bond acceptors (Lipinski definition) is 3. The summed E-state index contributed by atoms with van der Waals surface area (Å²) in [5, 5.41) is 4.57. The third-order valence-electron chi connectivity index (χ3n) is 3.51. The summed E-state index contributed by atoms with van der Waals surface area (Å²) in [6.07, 6.45) is 0. The maximum absolute atomic E-state index is 6.12. The highest BCUT2D eigenvalue weighted by Gasteiger charge is 2.23. The Morgan fingerprint density at radius 1 is 1.17 bits per heavy atom. The smallest absolute Gasteiger partial charge is 0.125 e. The molecule has 18 heavy (non-hydrogen) atoms. The van der Waals surface area contributed by atoms with Crippen LogP contribution in [-0.4, -0.2) is 9.78 Å². The van der Waals surface area contributed by atoms with E-state index in [9.17, 15) is 0 Å². The van der Waals surface area contributed by atoms with Crippen molar-refractivity contribution in [3.63, 3.8) is 0 Å². The Kier molecular flexibility index (Phi) is 2.97. The molecule has 4 nitrogen and oxygen atoms in total. The minimum atomic E-state index is 0.336. The van der Waals surface area contributed by atoms with Gasteiger partial charge < -0.3 is 10.2 Å². The molecule has 0 unspecified atom stereocenters. The van der Waals surface area contributed by atoms with Crippen molar-refractivity contribution in [1.29, 1.82) is 0 Å². The van der Waals surface area contributed by atoms with E-state index in [4.69, 9.17) is 10.2 Å². The van der Waals surface area contributed by atoms with Crippen LogP contribution in [0.5, 0.6) is 0 Å². The fourth-order valence-electron chi connectivity index (χ4n) is 2.45. The third-order valence-corrected chi connectivity index (χ3v) is 3.51. The number of furan rings is 1. The molecule has 0 fully saturated rings. The fourth-order valence-corrected chi connectivity index (χ4v) is 2.45. The molecule has 0 aromatic carbocycles. The summed E-state index contributed by atoms with van der Waals surface area (Å²) in [7, 11) is 1.88. The quantitative estimate of drug-likeness (QED) is 0.885.